The fourth-order valence-corrected chi connectivity index (χ4v) is 3.84. The number of rotatable bonds is 9. The molecule has 1 aliphatic heterocycles. The number of hydrogen-bond acceptors (Lipinski definition) is 5. The lowest BCUT2D eigenvalue weighted by Crippen LogP contribution is -2.09. The predicted molar refractivity (Wildman–Crippen MR) is 137 cm³/mol. The molecule has 3 aromatic carbocycles. The van der Waals surface area contributed by atoms with Crippen LogP contribution in [0.5, 0.6) is 11.5 Å². The molecule has 1 aliphatic rings. The summed E-state index contributed by atoms with van der Waals surface area (Å²) < 4.78 is 18.0. The van der Waals surface area contributed by atoms with E-state index in [2.05, 4.69) is 46.9 Å². The highest BCUT2D eigenvalue weighted by atomic mass is 79.9. The van der Waals surface area contributed by atoms with Crippen LogP contribution in [0.2, 0.25) is 0 Å². The molecule has 0 amide bonds. The second-order valence-electron chi connectivity index (χ2n) is 7.96. The molecule has 174 valence electrons. The van der Waals surface area contributed by atoms with Crippen molar-refractivity contribution in [3.05, 3.63) is 99.7 Å². The van der Waals surface area contributed by atoms with E-state index in [4.69, 9.17) is 14.2 Å². The largest absolute Gasteiger partial charge is 0.490 e. The Morgan fingerprint density at radius 2 is 1.74 bits per heavy atom. The zero-order chi connectivity index (χ0) is 23.9. The van der Waals surface area contributed by atoms with Crippen molar-refractivity contribution < 1.29 is 19.0 Å². The first-order valence-electron chi connectivity index (χ1n) is 11.3. The van der Waals surface area contributed by atoms with Gasteiger partial charge >= 0.3 is 5.97 Å². The molecule has 3 aromatic rings. The third-order valence-electron chi connectivity index (χ3n) is 5.58. The Bertz CT molecular complexity index is 1200. The number of carbonyl (C=O) groups is 1. The lowest BCUT2D eigenvalue weighted by molar-refractivity contribution is -0.129. The minimum Gasteiger partial charge on any atom is -0.490 e. The number of carbonyl (C=O) groups excluding carboxylic acids is 1. The van der Waals surface area contributed by atoms with Crippen LogP contribution < -0.4 is 9.47 Å². The number of benzene rings is 3. The van der Waals surface area contributed by atoms with Crippen LogP contribution in [0.3, 0.4) is 0 Å². The third kappa shape index (κ3) is 5.94. The number of esters is 1. The molecule has 4 rings (SSSR count). The molecule has 0 aliphatic carbocycles. The summed E-state index contributed by atoms with van der Waals surface area (Å²) >= 11 is 3.48. The Kier molecular flexibility index (Phi) is 7.80. The second-order valence-corrected chi connectivity index (χ2v) is 8.88. The zero-order valence-corrected chi connectivity index (χ0v) is 20.7. The van der Waals surface area contributed by atoms with Crippen LogP contribution in [-0.2, 0) is 9.53 Å². The van der Waals surface area contributed by atoms with Crippen molar-refractivity contribution in [2.24, 2.45) is 4.99 Å². The van der Waals surface area contributed by atoms with Crippen molar-refractivity contribution in [2.45, 2.75) is 26.2 Å². The maximum absolute atomic E-state index is 12.4. The van der Waals surface area contributed by atoms with Gasteiger partial charge in [0.25, 0.3) is 0 Å². The maximum atomic E-state index is 12.4. The van der Waals surface area contributed by atoms with E-state index in [1.165, 1.54) is 5.56 Å². The van der Waals surface area contributed by atoms with Gasteiger partial charge in [0.05, 0.1) is 0 Å². The fourth-order valence-electron chi connectivity index (χ4n) is 3.46. The van der Waals surface area contributed by atoms with E-state index >= 15 is 0 Å². The topological polar surface area (TPSA) is 57.1 Å². The smallest absolute Gasteiger partial charge is 0.363 e. The SMILES string of the molecule is CCC(C)c1ccc(OCCOc2ccc(Br)cc2C=C2N=C(c3ccccc3)OC2=O)cc1. The molecule has 0 fully saturated rings. The fraction of sp³-hybridized carbons (Fsp3) is 0.214. The van der Waals surface area contributed by atoms with E-state index in [9.17, 15) is 4.79 Å². The minimum absolute atomic E-state index is 0.222. The van der Waals surface area contributed by atoms with Gasteiger partial charge in [0.2, 0.25) is 5.90 Å². The molecule has 5 nitrogen and oxygen atoms in total. The van der Waals surface area contributed by atoms with Gasteiger partial charge in [-0.3, -0.25) is 0 Å². The molecule has 0 aromatic heterocycles. The molecule has 0 spiro atoms. The summed E-state index contributed by atoms with van der Waals surface area (Å²) in [6, 6.07) is 23.1. The molecular weight excluding hydrogens is 494 g/mol. The highest BCUT2D eigenvalue weighted by Gasteiger charge is 2.24. The van der Waals surface area contributed by atoms with Crippen molar-refractivity contribution in [1.82, 2.24) is 0 Å². The highest BCUT2D eigenvalue weighted by Crippen LogP contribution is 2.28. The molecule has 34 heavy (non-hydrogen) atoms. The van der Waals surface area contributed by atoms with Crippen LogP contribution in [0.15, 0.2) is 88.0 Å². The average Bonchev–Trinajstić information content (AvgIpc) is 3.23. The van der Waals surface area contributed by atoms with Crippen molar-refractivity contribution in [3.8, 4) is 11.5 Å². The minimum atomic E-state index is -0.492. The Labute approximate surface area is 208 Å². The van der Waals surface area contributed by atoms with Gasteiger partial charge in [0.1, 0.15) is 24.7 Å². The summed E-state index contributed by atoms with van der Waals surface area (Å²) in [4.78, 5) is 16.8. The monoisotopic (exact) mass is 519 g/mol. The standard InChI is InChI=1S/C28H26BrNO4/c1-3-19(2)20-9-12-24(13-10-20)32-15-16-33-26-14-11-23(29)17-22(26)18-25-28(31)34-27(30-25)21-7-5-4-6-8-21/h4-14,17-19H,3,15-16H2,1-2H3. The lowest BCUT2D eigenvalue weighted by Gasteiger charge is -2.12. The quantitative estimate of drug-likeness (QED) is 0.178. The van der Waals surface area contributed by atoms with E-state index in [1.807, 2.05) is 60.7 Å². The second kappa shape index (κ2) is 11.2. The first-order chi connectivity index (χ1) is 16.5. The Hall–Kier alpha value is -3.38. The van der Waals surface area contributed by atoms with Gasteiger partial charge in [-0.05, 0) is 66.4 Å². The molecule has 0 saturated carbocycles. The predicted octanol–water partition coefficient (Wildman–Crippen LogP) is 6.76. The van der Waals surface area contributed by atoms with E-state index in [1.54, 1.807) is 6.08 Å². The summed E-state index contributed by atoms with van der Waals surface area (Å²) in [5.74, 6) is 1.77. The van der Waals surface area contributed by atoms with Crippen LogP contribution in [0, 0.1) is 0 Å². The van der Waals surface area contributed by atoms with Crippen LogP contribution >= 0.6 is 15.9 Å². The van der Waals surface area contributed by atoms with Crippen molar-refractivity contribution in [1.29, 1.82) is 0 Å². The maximum Gasteiger partial charge on any atom is 0.363 e. The molecule has 1 atom stereocenters. The van der Waals surface area contributed by atoms with Gasteiger partial charge < -0.3 is 14.2 Å². The number of aliphatic imine (C=N–C) groups is 1. The summed E-state index contributed by atoms with van der Waals surface area (Å²) in [6.07, 6.45) is 2.78. The first-order valence-corrected chi connectivity index (χ1v) is 12.1. The zero-order valence-electron chi connectivity index (χ0n) is 19.2. The van der Waals surface area contributed by atoms with Crippen LogP contribution in [0.1, 0.15) is 42.9 Å². The molecule has 0 N–H and O–H groups in total. The number of cyclic esters (lactones) is 1. The number of halogens is 1. The van der Waals surface area contributed by atoms with Crippen molar-refractivity contribution in [3.63, 3.8) is 0 Å². The van der Waals surface area contributed by atoms with Gasteiger partial charge in [-0.1, -0.05) is 60.1 Å². The third-order valence-corrected chi connectivity index (χ3v) is 6.07. The van der Waals surface area contributed by atoms with E-state index in [0.717, 1.165) is 27.8 Å². The highest BCUT2D eigenvalue weighted by molar-refractivity contribution is 9.10. The van der Waals surface area contributed by atoms with Gasteiger partial charge in [-0.25, -0.2) is 9.79 Å². The summed E-state index contributed by atoms with van der Waals surface area (Å²) in [7, 11) is 0. The van der Waals surface area contributed by atoms with E-state index in [-0.39, 0.29) is 5.70 Å². The average molecular weight is 520 g/mol. The first kappa shape index (κ1) is 23.8. The van der Waals surface area contributed by atoms with Crippen LogP contribution in [-0.4, -0.2) is 25.1 Å². The Balaban J connectivity index is 1.41. The van der Waals surface area contributed by atoms with Gasteiger partial charge in [0.15, 0.2) is 5.70 Å². The van der Waals surface area contributed by atoms with Crippen LogP contribution in [0.25, 0.3) is 6.08 Å². The molecule has 6 heteroatoms. The lowest BCUT2D eigenvalue weighted by atomic mass is 9.99. The van der Waals surface area contributed by atoms with Crippen LogP contribution in [0.4, 0.5) is 0 Å². The number of nitrogens with zero attached hydrogens (tertiary/aromatic N) is 1. The summed E-state index contributed by atoms with van der Waals surface area (Å²) in [6.45, 7) is 5.15. The molecule has 0 saturated heterocycles. The number of ether oxygens (including phenoxy) is 3. The van der Waals surface area contributed by atoms with Gasteiger partial charge in [-0.2, -0.15) is 0 Å². The summed E-state index contributed by atoms with van der Waals surface area (Å²) in [5, 5.41) is 0. The van der Waals surface area contributed by atoms with Gasteiger partial charge in [0, 0.05) is 15.6 Å². The summed E-state index contributed by atoms with van der Waals surface area (Å²) in [5.41, 5.74) is 3.00. The van der Waals surface area contributed by atoms with E-state index < -0.39 is 5.97 Å². The van der Waals surface area contributed by atoms with Gasteiger partial charge in [-0.15, -0.1) is 0 Å². The molecule has 0 radical (unpaired) electrons. The molecule has 0 bridgehead atoms. The Morgan fingerprint density at radius 3 is 2.47 bits per heavy atom. The molecular formula is C28H26BrNO4. The molecule has 1 heterocycles. The Morgan fingerprint density at radius 1 is 1.00 bits per heavy atom. The van der Waals surface area contributed by atoms with E-state index in [0.29, 0.717) is 30.8 Å². The van der Waals surface area contributed by atoms with Crippen molar-refractivity contribution >= 4 is 33.9 Å². The number of hydrogen-bond donors (Lipinski definition) is 0. The molecule has 1 unspecified atom stereocenters. The normalized spacial score (nSPS) is 15.1. The van der Waals surface area contributed by atoms with Crippen molar-refractivity contribution in [2.75, 3.05) is 13.2 Å².